The van der Waals surface area contributed by atoms with Crippen LogP contribution in [0.15, 0.2) is 118 Å². The second kappa shape index (κ2) is 14.1. The summed E-state index contributed by atoms with van der Waals surface area (Å²) in [5.41, 5.74) is 19.6. The molecule has 4 aliphatic carbocycles. The molecule has 0 nitrogen and oxygen atoms in total. The van der Waals surface area contributed by atoms with E-state index in [9.17, 15) is 0 Å². The van der Waals surface area contributed by atoms with Crippen LogP contribution in [0, 0.1) is 5.41 Å². The monoisotopic (exact) mass is 800 g/mol. The number of halogens is 2. The van der Waals surface area contributed by atoms with Gasteiger partial charge >= 0.3 is 311 Å². The molecule has 8 rings (SSSR count). The largest absolute Gasteiger partial charge is 1.00 e. The van der Waals surface area contributed by atoms with Crippen molar-refractivity contribution in [1.82, 2.24) is 0 Å². The van der Waals surface area contributed by atoms with Gasteiger partial charge in [0, 0.05) is 0 Å². The van der Waals surface area contributed by atoms with E-state index in [2.05, 4.69) is 172 Å². The van der Waals surface area contributed by atoms with Gasteiger partial charge in [-0.05, 0) is 0 Å². The number of benzene rings is 4. The quantitative estimate of drug-likeness (QED) is 0.207. The molecule has 0 fully saturated rings. The molecule has 266 valence electrons. The maximum absolute atomic E-state index is 2.88. The third-order valence-electron chi connectivity index (χ3n) is 12.2. The number of hydrogen-bond donors (Lipinski definition) is 0. The van der Waals surface area contributed by atoms with Crippen LogP contribution in [0.2, 0.25) is 0 Å². The fourth-order valence-electron chi connectivity index (χ4n) is 9.10. The normalized spacial score (nSPS) is 17.7. The maximum Gasteiger partial charge on any atom is -1.00 e. The standard InChI is InChI=1S/C27H29.C13H10.C9H13.2ClH.Zr/c1-16-7-9-26(3,4)24-12-18-11-19-13-25-21(17(2)8-10-27(25,5)6)15-23(19)22(18)14-20(16)24;1-3-7-12(8-4-1)11-13-9-5-2-6-10-13;1-9(2,3)8-6-4-5-7-8;;;/h7-8,11-15H,9-10H2,1-6H3;1-10H;6-7H,4H2,1-3H3;2*1H;/q;;;;;+2/p-2. The zero-order valence-electron chi connectivity index (χ0n) is 32.3. The van der Waals surface area contributed by atoms with Crippen molar-refractivity contribution in [2.45, 2.75) is 96.0 Å². The molecule has 0 saturated heterocycles. The van der Waals surface area contributed by atoms with Crippen LogP contribution in [-0.2, 0) is 32.1 Å². The van der Waals surface area contributed by atoms with Gasteiger partial charge in [-0.2, -0.15) is 0 Å². The fourth-order valence-corrected chi connectivity index (χ4v) is 18.1. The minimum absolute atomic E-state index is 0. The van der Waals surface area contributed by atoms with Gasteiger partial charge in [-0.1, -0.05) is 0 Å². The Labute approximate surface area is 333 Å². The molecule has 0 amide bonds. The predicted molar refractivity (Wildman–Crippen MR) is 213 cm³/mol. The van der Waals surface area contributed by atoms with E-state index in [0.717, 1.165) is 19.3 Å². The Balaban J connectivity index is 0.00000232. The van der Waals surface area contributed by atoms with E-state index in [-0.39, 0.29) is 41.1 Å². The average molecular weight is 803 g/mol. The van der Waals surface area contributed by atoms with Crippen LogP contribution in [0.4, 0.5) is 0 Å². The molecule has 52 heavy (non-hydrogen) atoms. The number of hydrogen-bond acceptors (Lipinski definition) is 0. The molecule has 0 unspecified atom stereocenters. The van der Waals surface area contributed by atoms with E-state index in [0.29, 0.717) is 3.63 Å². The summed E-state index contributed by atoms with van der Waals surface area (Å²) in [6, 6.07) is 33.6. The van der Waals surface area contributed by atoms with Gasteiger partial charge < -0.3 is 24.8 Å². The van der Waals surface area contributed by atoms with Gasteiger partial charge in [0.15, 0.2) is 0 Å². The third kappa shape index (κ3) is 6.52. The fraction of sp³-hybridized carbons (Fsp3) is 0.327. The first-order valence-corrected chi connectivity index (χ1v) is 22.6. The first kappa shape index (κ1) is 38.9. The molecule has 0 bridgehead atoms. The topological polar surface area (TPSA) is 0 Å². The van der Waals surface area contributed by atoms with Crippen molar-refractivity contribution in [2.24, 2.45) is 5.41 Å². The molecule has 0 spiro atoms. The van der Waals surface area contributed by atoms with Crippen LogP contribution >= 0.6 is 0 Å². The Morgan fingerprint density at radius 2 is 1.06 bits per heavy atom. The number of allylic oxidation sites excluding steroid dienone is 8. The molecule has 4 aliphatic rings. The van der Waals surface area contributed by atoms with Crippen LogP contribution < -0.4 is 24.8 Å². The summed E-state index contributed by atoms with van der Waals surface area (Å²) >= 11 is -2.88. The van der Waals surface area contributed by atoms with Gasteiger partial charge in [0.25, 0.3) is 0 Å². The van der Waals surface area contributed by atoms with Crippen LogP contribution in [0.5, 0.6) is 0 Å². The van der Waals surface area contributed by atoms with Crippen molar-refractivity contribution in [3.05, 3.63) is 163 Å². The Morgan fingerprint density at radius 1 is 0.615 bits per heavy atom. The van der Waals surface area contributed by atoms with Gasteiger partial charge in [-0.25, -0.2) is 0 Å². The third-order valence-corrected chi connectivity index (χ3v) is 20.5. The summed E-state index contributed by atoms with van der Waals surface area (Å²) in [7, 11) is 0. The van der Waals surface area contributed by atoms with Crippen LogP contribution in [0.1, 0.15) is 130 Å². The summed E-state index contributed by atoms with van der Waals surface area (Å²) in [5.74, 6) is 0. The molecule has 0 aromatic heterocycles. The van der Waals surface area contributed by atoms with Gasteiger partial charge in [0.2, 0.25) is 0 Å². The Kier molecular flexibility index (Phi) is 10.5. The van der Waals surface area contributed by atoms with Crippen molar-refractivity contribution in [3.8, 4) is 11.1 Å². The SMILES string of the molecule is CC1=CCC(C)(C)c2cc3c(cc21)-c1cc2c(cc1[CH]3[Zr+2]([C]1=CC(C(C)(C)C)=CC1)=[C](c1ccccc1)c1ccccc1)C(C)(C)CC=C2C.[Cl-].[Cl-]. The van der Waals surface area contributed by atoms with Gasteiger partial charge in [-0.15, -0.1) is 0 Å². The van der Waals surface area contributed by atoms with Crippen molar-refractivity contribution in [2.75, 3.05) is 0 Å². The minimum atomic E-state index is -2.88. The van der Waals surface area contributed by atoms with Gasteiger partial charge in [-0.3, -0.25) is 0 Å². The van der Waals surface area contributed by atoms with Crippen LogP contribution in [0.25, 0.3) is 22.3 Å². The van der Waals surface area contributed by atoms with Gasteiger partial charge in [0.1, 0.15) is 0 Å². The molecule has 0 heterocycles. The van der Waals surface area contributed by atoms with Crippen molar-refractivity contribution in [1.29, 1.82) is 0 Å². The second-order valence-corrected chi connectivity index (χ2v) is 23.9. The molecular weight excluding hydrogens is 751 g/mol. The van der Waals surface area contributed by atoms with Crippen molar-refractivity contribution in [3.63, 3.8) is 0 Å². The Bertz CT molecular complexity index is 2090. The van der Waals surface area contributed by atoms with E-state index in [1.54, 1.807) is 17.6 Å². The maximum atomic E-state index is 2.71. The zero-order chi connectivity index (χ0) is 35.2. The second-order valence-electron chi connectivity index (χ2n) is 17.7. The zero-order valence-corrected chi connectivity index (χ0v) is 36.3. The smallest absolute Gasteiger partial charge is 1.00 e. The molecule has 0 atom stereocenters. The number of rotatable bonds is 4. The van der Waals surface area contributed by atoms with E-state index in [4.69, 9.17) is 0 Å². The number of fused-ring (bicyclic) bond motifs is 5. The minimum Gasteiger partial charge on any atom is -1.00 e. The molecule has 0 radical (unpaired) electrons. The van der Waals surface area contributed by atoms with Crippen LogP contribution in [-0.4, -0.2) is 3.21 Å². The van der Waals surface area contributed by atoms with Crippen molar-refractivity contribution < 1.29 is 46.1 Å². The molecule has 4 aromatic carbocycles. The molecule has 0 N–H and O–H groups in total. The summed E-state index contributed by atoms with van der Waals surface area (Å²) in [6.07, 6.45) is 13.4. The van der Waals surface area contributed by atoms with Crippen molar-refractivity contribution >= 4 is 14.4 Å². The molecule has 3 heteroatoms. The van der Waals surface area contributed by atoms with Crippen LogP contribution in [0.3, 0.4) is 0 Å². The molecule has 0 aliphatic heterocycles. The summed E-state index contributed by atoms with van der Waals surface area (Å²) in [4.78, 5) is 0. The van der Waals surface area contributed by atoms with E-state index < -0.39 is 21.3 Å². The van der Waals surface area contributed by atoms with Gasteiger partial charge in [0.05, 0.1) is 0 Å². The molecule has 4 aromatic rings. The van der Waals surface area contributed by atoms with E-state index in [1.165, 1.54) is 61.2 Å². The summed E-state index contributed by atoms with van der Waals surface area (Å²) < 4.78 is 3.75. The molecule has 0 saturated carbocycles. The Morgan fingerprint density at radius 3 is 1.46 bits per heavy atom. The van der Waals surface area contributed by atoms with E-state index >= 15 is 0 Å². The summed E-state index contributed by atoms with van der Waals surface area (Å²) in [6.45, 7) is 21.6. The first-order valence-electron chi connectivity index (χ1n) is 18.7. The Hall–Kier alpha value is -2.83. The van der Waals surface area contributed by atoms with E-state index in [1.807, 2.05) is 0 Å². The molecular formula is C49H52Cl2Zr. The first-order chi connectivity index (χ1) is 23.7. The summed E-state index contributed by atoms with van der Waals surface area (Å²) in [5, 5.41) is 0. The predicted octanol–water partition coefficient (Wildman–Crippen LogP) is 7.08. The average Bonchev–Trinajstić information content (AvgIpc) is 3.71.